The predicted octanol–water partition coefficient (Wildman–Crippen LogP) is 2.19. The van der Waals surface area contributed by atoms with E-state index in [1.165, 1.54) is 0 Å². The van der Waals surface area contributed by atoms with Crippen molar-refractivity contribution in [1.29, 1.82) is 0 Å². The minimum atomic E-state index is -1.89. The van der Waals surface area contributed by atoms with Gasteiger partial charge in [0, 0.05) is 49.4 Å². The van der Waals surface area contributed by atoms with Crippen LogP contribution in [0.25, 0.3) is 5.57 Å². The molecule has 19 heavy (non-hydrogen) atoms. The maximum absolute atomic E-state index is 11.4. The van der Waals surface area contributed by atoms with Crippen molar-refractivity contribution < 1.29 is 69.2 Å². The summed E-state index contributed by atoms with van der Waals surface area (Å²) in [6, 6.07) is 8.73. The minimum Gasteiger partial charge on any atom is -0.480 e. The number of hydrogen-bond donors (Lipinski definition) is 2. The van der Waals surface area contributed by atoms with E-state index >= 15 is 0 Å². The maximum atomic E-state index is 11.4. The molecule has 4 nitrogen and oxygen atoms in total. The first-order chi connectivity index (χ1) is 8.59. The third kappa shape index (κ3) is 2.88. The Labute approximate surface area is 151 Å². The molecule has 0 heterocycles. The molecular formula is C14H12EuO4. The first-order valence-electron chi connectivity index (χ1n) is 5.48. The van der Waals surface area contributed by atoms with Gasteiger partial charge in [0.1, 0.15) is 0 Å². The molecule has 1 aromatic rings. The molecule has 0 aliphatic heterocycles. The summed E-state index contributed by atoms with van der Waals surface area (Å²) >= 11 is 0. The first kappa shape index (κ1) is 16.3. The number of hydrogen-bond acceptors (Lipinski definition) is 2. The number of carboxylic acid groups (broad SMARTS) is 2. The van der Waals surface area contributed by atoms with Crippen molar-refractivity contribution in [2.24, 2.45) is 5.41 Å². The average Bonchev–Trinajstić information content (AvgIpc) is 2.39. The zero-order valence-corrected chi connectivity index (χ0v) is 12.3. The molecule has 1 aliphatic rings. The van der Waals surface area contributed by atoms with Gasteiger partial charge in [0.15, 0.2) is 5.41 Å². The zero-order valence-electron chi connectivity index (χ0n) is 9.91. The largest absolute Gasteiger partial charge is 0.480 e. The second-order valence-electron chi connectivity index (χ2n) is 4.09. The van der Waals surface area contributed by atoms with Crippen LogP contribution in [0.4, 0.5) is 0 Å². The van der Waals surface area contributed by atoms with Gasteiger partial charge < -0.3 is 10.2 Å². The second kappa shape index (κ2) is 6.59. The van der Waals surface area contributed by atoms with Crippen LogP contribution in [-0.4, -0.2) is 22.2 Å². The molecule has 5 heteroatoms. The number of carboxylic acids is 2. The smallest absolute Gasteiger partial charge is 0.325 e. The van der Waals surface area contributed by atoms with Gasteiger partial charge in [-0.25, -0.2) is 0 Å². The first-order valence-corrected chi connectivity index (χ1v) is 5.48. The van der Waals surface area contributed by atoms with E-state index in [0.29, 0.717) is 11.1 Å². The molecule has 0 atom stereocenters. The topological polar surface area (TPSA) is 74.6 Å². The van der Waals surface area contributed by atoms with Crippen LogP contribution in [0.3, 0.4) is 0 Å². The summed E-state index contributed by atoms with van der Waals surface area (Å²) in [7, 11) is 0. The van der Waals surface area contributed by atoms with E-state index in [1.807, 2.05) is 0 Å². The number of carbonyl (C=O) groups is 2. The zero-order chi connectivity index (χ0) is 13.2. The van der Waals surface area contributed by atoms with Gasteiger partial charge in [-0.3, -0.25) is 9.59 Å². The summed E-state index contributed by atoms with van der Waals surface area (Å²) in [6.07, 6.45) is 4.76. The maximum Gasteiger partial charge on any atom is 0.325 e. The quantitative estimate of drug-likeness (QED) is 0.769. The molecule has 0 amide bonds. The second-order valence-corrected chi connectivity index (χ2v) is 4.09. The van der Waals surface area contributed by atoms with E-state index in [4.69, 9.17) is 0 Å². The molecule has 2 N–H and O–H groups in total. The van der Waals surface area contributed by atoms with Crippen LogP contribution in [-0.2, 0) is 9.59 Å². The van der Waals surface area contributed by atoms with Gasteiger partial charge in [0.2, 0.25) is 0 Å². The summed E-state index contributed by atoms with van der Waals surface area (Å²) in [5.74, 6) is -2.68. The number of benzene rings is 1. The van der Waals surface area contributed by atoms with Crippen LogP contribution < -0.4 is 0 Å². The minimum absolute atomic E-state index is 0. The van der Waals surface area contributed by atoms with Gasteiger partial charge in [-0.2, -0.15) is 0 Å². The standard InChI is InChI=1S/C14H12O4.Eu/c15-12(16)14(13(17)18)9-5-4-8-11(14)10-6-2-1-3-7-10;/h1-8H,9H2,(H,15,16)(H,17,18);. The molecule has 1 aliphatic carbocycles. The molecule has 0 aromatic heterocycles. The van der Waals surface area contributed by atoms with Gasteiger partial charge in [-0.05, 0) is 17.6 Å². The Morgan fingerprint density at radius 1 is 1.05 bits per heavy atom. The fourth-order valence-corrected chi connectivity index (χ4v) is 2.12. The number of rotatable bonds is 3. The molecule has 0 spiro atoms. The van der Waals surface area contributed by atoms with Gasteiger partial charge in [-0.15, -0.1) is 0 Å². The van der Waals surface area contributed by atoms with Crippen molar-refractivity contribution in [3.63, 3.8) is 0 Å². The Hall–Kier alpha value is -0.776. The van der Waals surface area contributed by atoms with Crippen LogP contribution in [0.2, 0.25) is 0 Å². The fraction of sp³-hybridized carbons (Fsp3) is 0.143. The molecule has 0 unspecified atom stereocenters. The van der Waals surface area contributed by atoms with Crippen molar-refractivity contribution in [3.05, 3.63) is 54.1 Å². The van der Waals surface area contributed by atoms with Gasteiger partial charge in [0.25, 0.3) is 0 Å². The number of aliphatic carboxylic acids is 2. The van der Waals surface area contributed by atoms with Gasteiger partial charge in [0.05, 0.1) is 0 Å². The monoisotopic (exact) mass is 397 g/mol. The summed E-state index contributed by atoms with van der Waals surface area (Å²) in [4.78, 5) is 22.9. The number of allylic oxidation sites excluding steroid dienone is 3. The van der Waals surface area contributed by atoms with Crippen LogP contribution in [0.15, 0.2) is 48.6 Å². The SMILES string of the molecule is O=C(O)C1(C(=O)O)CC=CC=C1c1ccccc1.[Eu]. The molecule has 0 saturated carbocycles. The Kier molecular flexibility index (Phi) is 5.65. The van der Waals surface area contributed by atoms with Crippen molar-refractivity contribution in [3.8, 4) is 0 Å². The van der Waals surface area contributed by atoms with Crippen molar-refractivity contribution in [1.82, 2.24) is 0 Å². The van der Waals surface area contributed by atoms with E-state index in [-0.39, 0.29) is 55.8 Å². The Morgan fingerprint density at radius 2 is 1.63 bits per heavy atom. The third-order valence-electron chi connectivity index (χ3n) is 3.10. The van der Waals surface area contributed by atoms with E-state index in [1.54, 1.807) is 48.6 Å². The van der Waals surface area contributed by atoms with Crippen molar-refractivity contribution in [2.75, 3.05) is 0 Å². The Balaban J connectivity index is 0.00000180. The molecular weight excluding hydrogens is 384 g/mol. The summed E-state index contributed by atoms with van der Waals surface area (Å²) in [5.41, 5.74) is -0.965. The van der Waals surface area contributed by atoms with Gasteiger partial charge in [-0.1, -0.05) is 48.6 Å². The Morgan fingerprint density at radius 3 is 2.16 bits per heavy atom. The fourth-order valence-electron chi connectivity index (χ4n) is 2.12. The third-order valence-corrected chi connectivity index (χ3v) is 3.10. The summed E-state index contributed by atoms with van der Waals surface area (Å²) in [5, 5.41) is 18.7. The van der Waals surface area contributed by atoms with E-state index < -0.39 is 17.4 Å². The molecule has 99 valence electrons. The van der Waals surface area contributed by atoms with Crippen LogP contribution in [0.5, 0.6) is 0 Å². The van der Waals surface area contributed by atoms with Crippen LogP contribution >= 0.6 is 0 Å². The summed E-state index contributed by atoms with van der Waals surface area (Å²) < 4.78 is 0. The molecule has 1 radical (unpaired) electrons. The average molecular weight is 396 g/mol. The molecule has 0 bridgehead atoms. The molecule has 2 rings (SSSR count). The summed E-state index contributed by atoms with van der Waals surface area (Å²) in [6.45, 7) is 0. The van der Waals surface area contributed by atoms with Crippen molar-refractivity contribution >= 4 is 17.5 Å². The van der Waals surface area contributed by atoms with Crippen LogP contribution in [0, 0.1) is 54.8 Å². The molecule has 1 aromatic carbocycles. The van der Waals surface area contributed by atoms with Crippen LogP contribution in [0.1, 0.15) is 12.0 Å². The predicted molar refractivity (Wildman–Crippen MR) is 65.9 cm³/mol. The van der Waals surface area contributed by atoms with E-state index in [9.17, 15) is 19.8 Å². The van der Waals surface area contributed by atoms with Gasteiger partial charge >= 0.3 is 11.9 Å². The van der Waals surface area contributed by atoms with E-state index in [2.05, 4.69) is 0 Å². The Bertz CT molecular complexity index is 532. The van der Waals surface area contributed by atoms with E-state index in [0.717, 1.165) is 0 Å². The molecule has 0 saturated heterocycles. The normalized spacial score (nSPS) is 16.1. The van der Waals surface area contributed by atoms with Crippen molar-refractivity contribution in [2.45, 2.75) is 6.42 Å². The molecule has 0 fully saturated rings.